The van der Waals surface area contributed by atoms with Gasteiger partial charge >= 0.3 is 0 Å². The number of methoxy groups -OCH3 is 2. The van der Waals surface area contributed by atoms with Gasteiger partial charge in [-0.25, -0.2) is 4.39 Å². The third-order valence-corrected chi connectivity index (χ3v) is 4.68. The molecule has 0 bridgehead atoms. The van der Waals surface area contributed by atoms with Gasteiger partial charge in [-0.15, -0.1) is 0 Å². The molecular formula is C19H20FNO3. The van der Waals surface area contributed by atoms with Crippen LogP contribution in [0, 0.1) is 5.82 Å². The molecule has 0 spiro atoms. The minimum absolute atomic E-state index is 0.0763. The van der Waals surface area contributed by atoms with E-state index in [1.165, 1.54) is 12.1 Å². The molecule has 0 atom stereocenters. The molecule has 0 unspecified atom stereocenters. The van der Waals surface area contributed by atoms with Crippen molar-refractivity contribution >= 4 is 11.6 Å². The summed E-state index contributed by atoms with van der Waals surface area (Å²) in [6.07, 6.45) is 2.51. The molecule has 5 heteroatoms. The third kappa shape index (κ3) is 2.82. The van der Waals surface area contributed by atoms with Crippen molar-refractivity contribution in [3.05, 3.63) is 53.8 Å². The average molecular weight is 329 g/mol. The van der Waals surface area contributed by atoms with Gasteiger partial charge in [0.15, 0.2) is 11.5 Å². The van der Waals surface area contributed by atoms with Crippen LogP contribution >= 0.6 is 0 Å². The van der Waals surface area contributed by atoms with E-state index < -0.39 is 5.41 Å². The highest BCUT2D eigenvalue weighted by Gasteiger charge is 2.45. The number of amides is 1. The molecule has 0 aromatic heterocycles. The lowest BCUT2D eigenvalue weighted by Crippen LogP contribution is -2.46. The molecule has 2 aromatic carbocycles. The molecule has 126 valence electrons. The van der Waals surface area contributed by atoms with Gasteiger partial charge in [0.2, 0.25) is 5.91 Å². The molecule has 1 N–H and O–H groups in total. The van der Waals surface area contributed by atoms with Crippen LogP contribution in [0.2, 0.25) is 0 Å². The van der Waals surface area contributed by atoms with Crippen molar-refractivity contribution in [2.75, 3.05) is 19.5 Å². The molecule has 0 saturated heterocycles. The predicted molar refractivity (Wildman–Crippen MR) is 90.1 cm³/mol. The van der Waals surface area contributed by atoms with Crippen molar-refractivity contribution in [2.45, 2.75) is 24.7 Å². The summed E-state index contributed by atoms with van der Waals surface area (Å²) >= 11 is 0. The summed E-state index contributed by atoms with van der Waals surface area (Å²) in [7, 11) is 3.11. The van der Waals surface area contributed by atoms with Gasteiger partial charge in [-0.05, 0) is 42.7 Å². The van der Waals surface area contributed by atoms with Crippen molar-refractivity contribution in [2.24, 2.45) is 0 Å². The topological polar surface area (TPSA) is 47.6 Å². The van der Waals surface area contributed by atoms with E-state index in [1.54, 1.807) is 44.6 Å². The second-order valence-electron chi connectivity index (χ2n) is 5.97. The van der Waals surface area contributed by atoms with Gasteiger partial charge in [-0.2, -0.15) is 0 Å². The predicted octanol–water partition coefficient (Wildman–Crippen LogP) is 3.90. The number of rotatable bonds is 5. The molecule has 1 aliphatic rings. The molecule has 0 aliphatic heterocycles. The largest absolute Gasteiger partial charge is 0.493 e. The SMILES string of the molecule is COc1ccc(NC(=O)C2(c3ccc(F)cc3)CCC2)cc1OC. The van der Waals surface area contributed by atoms with Crippen molar-refractivity contribution in [1.82, 2.24) is 0 Å². The quantitative estimate of drug-likeness (QED) is 0.905. The lowest BCUT2D eigenvalue weighted by atomic mass is 9.64. The van der Waals surface area contributed by atoms with Crippen LogP contribution in [0.4, 0.5) is 10.1 Å². The Morgan fingerprint density at radius 2 is 1.71 bits per heavy atom. The fourth-order valence-corrected chi connectivity index (χ4v) is 3.11. The van der Waals surface area contributed by atoms with E-state index in [2.05, 4.69) is 5.32 Å². The summed E-state index contributed by atoms with van der Waals surface area (Å²) in [5.41, 5.74) is 0.917. The van der Waals surface area contributed by atoms with Gasteiger partial charge in [0.25, 0.3) is 0 Å². The van der Waals surface area contributed by atoms with Gasteiger partial charge in [-0.3, -0.25) is 4.79 Å². The van der Waals surface area contributed by atoms with Gasteiger partial charge in [0.05, 0.1) is 19.6 Å². The molecule has 1 fully saturated rings. The molecule has 3 rings (SSSR count). The number of hydrogen-bond donors (Lipinski definition) is 1. The Morgan fingerprint density at radius 3 is 2.25 bits per heavy atom. The Hall–Kier alpha value is -2.56. The van der Waals surface area contributed by atoms with Crippen LogP contribution in [0.25, 0.3) is 0 Å². The lowest BCUT2D eigenvalue weighted by molar-refractivity contribution is -0.124. The first kappa shape index (κ1) is 16.3. The molecule has 1 aliphatic carbocycles. The van der Waals surface area contributed by atoms with Crippen LogP contribution in [-0.2, 0) is 10.2 Å². The Bertz CT molecular complexity index is 739. The number of anilines is 1. The molecular weight excluding hydrogens is 309 g/mol. The maximum atomic E-state index is 13.2. The highest BCUT2D eigenvalue weighted by atomic mass is 19.1. The first-order chi connectivity index (χ1) is 11.6. The number of halogens is 1. The van der Waals surface area contributed by atoms with Gasteiger partial charge in [0.1, 0.15) is 5.82 Å². The first-order valence-corrected chi connectivity index (χ1v) is 7.88. The fourth-order valence-electron chi connectivity index (χ4n) is 3.11. The summed E-state index contributed by atoms with van der Waals surface area (Å²) < 4.78 is 23.6. The zero-order valence-electron chi connectivity index (χ0n) is 13.8. The van der Waals surface area contributed by atoms with Crippen LogP contribution in [0.3, 0.4) is 0 Å². The Balaban J connectivity index is 1.84. The molecule has 4 nitrogen and oxygen atoms in total. The Kier molecular flexibility index (Phi) is 4.42. The monoisotopic (exact) mass is 329 g/mol. The number of nitrogens with one attached hydrogen (secondary N) is 1. The van der Waals surface area contributed by atoms with E-state index >= 15 is 0 Å². The number of benzene rings is 2. The minimum Gasteiger partial charge on any atom is -0.493 e. The molecule has 2 aromatic rings. The van der Waals surface area contributed by atoms with Crippen LogP contribution in [-0.4, -0.2) is 20.1 Å². The van der Waals surface area contributed by atoms with Crippen molar-refractivity contribution < 1.29 is 18.7 Å². The molecule has 0 heterocycles. The van der Waals surface area contributed by atoms with Gasteiger partial charge in [-0.1, -0.05) is 18.6 Å². The summed E-state index contributed by atoms with van der Waals surface area (Å²) in [6, 6.07) is 11.5. The number of ether oxygens (including phenoxy) is 2. The lowest BCUT2D eigenvalue weighted by Gasteiger charge is -2.40. The maximum absolute atomic E-state index is 13.2. The van der Waals surface area contributed by atoms with Crippen LogP contribution < -0.4 is 14.8 Å². The van der Waals surface area contributed by atoms with Crippen molar-refractivity contribution in [1.29, 1.82) is 0 Å². The summed E-state index contributed by atoms with van der Waals surface area (Å²) in [4.78, 5) is 12.9. The molecule has 24 heavy (non-hydrogen) atoms. The summed E-state index contributed by atoms with van der Waals surface area (Å²) in [5.74, 6) is 0.785. The zero-order chi connectivity index (χ0) is 17.2. The zero-order valence-corrected chi connectivity index (χ0v) is 13.8. The van der Waals surface area contributed by atoms with Gasteiger partial charge < -0.3 is 14.8 Å². The van der Waals surface area contributed by atoms with E-state index in [1.807, 2.05) is 0 Å². The van der Waals surface area contributed by atoms with E-state index in [4.69, 9.17) is 9.47 Å². The first-order valence-electron chi connectivity index (χ1n) is 7.88. The normalized spacial score (nSPS) is 15.3. The van der Waals surface area contributed by atoms with Crippen molar-refractivity contribution in [3.63, 3.8) is 0 Å². The standard InChI is InChI=1S/C19H20FNO3/c1-23-16-9-8-15(12-17(16)24-2)21-18(22)19(10-3-11-19)13-4-6-14(20)7-5-13/h4-9,12H,3,10-11H2,1-2H3,(H,21,22). The maximum Gasteiger partial charge on any atom is 0.235 e. The molecule has 1 saturated carbocycles. The number of hydrogen-bond acceptors (Lipinski definition) is 3. The molecule has 1 amide bonds. The van der Waals surface area contributed by atoms with E-state index in [0.29, 0.717) is 17.2 Å². The van der Waals surface area contributed by atoms with Crippen LogP contribution in [0.15, 0.2) is 42.5 Å². The Morgan fingerprint density at radius 1 is 1.04 bits per heavy atom. The average Bonchev–Trinajstić information content (AvgIpc) is 2.55. The fraction of sp³-hybridized carbons (Fsp3) is 0.316. The van der Waals surface area contributed by atoms with Crippen LogP contribution in [0.5, 0.6) is 11.5 Å². The van der Waals surface area contributed by atoms with Crippen molar-refractivity contribution in [3.8, 4) is 11.5 Å². The number of carbonyl (C=O) groups excluding carboxylic acids is 1. The third-order valence-electron chi connectivity index (χ3n) is 4.68. The van der Waals surface area contributed by atoms with E-state index in [9.17, 15) is 9.18 Å². The Labute approximate surface area is 140 Å². The second-order valence-corrected chi connectivity index (χ2v) is 5.97. The van der Waals surface area contributed by atoms with E-state index in [0.717, 1.165) is 24.8 Å². The minimum atomic E-state index is -0.582. The molecule has 0 radical (unpaired) electrons. The number of carbonyl (C=O) groups is 1. The van der Waals surface area contributed by atoms with E-state index in [-0.39, 0.29) is 11.7 Å². The summed E-state index contributed by atoms with van der Waals surface area (Å²) in [5, 5.41) is 2.96. The smallest absolute Gasteiger partial charge is 0.235 e. The van der Waals surface area contributed by atoms with Crippen LogP contribution in [0.1, 0.15) is 24.8 Å². The van der Waals surface area contributed by atoms with Gasteiger partial charge in [0, 0.05) is 11.8 Å². The summed E-state index contributed by atoms with van der Waals surface area (Å²) in [6.45, 7) is 0. The highest BCUT2D eigenvalue weighted by Crippen LogP contribution is 2.45. The highest BCUT2D eigenvalue weighted by molar-refractivity contribution is 6.00. The second kappa shape index (κ2) is 6.51.